The van der Waals surface area contributed by atoms with E-state index in [1.54, 1.807) is 23.1 Å². The van der Waals surface area contributed by atoms with Crippen molar-refractivity contribution in [2.24, 2.45) is 0 Å². The van der Waals surface area contributed by atoms with Crippen molar-refractivity contribution < 1.29 is 0 Å². The lowest BCUT2D eigenvalue weighted by atomic mass is 10.3. The monoisotopic (exact) mass is 285 g/mol. The van der Waals surface area contributed by atoms with E-state index < -0.39 is 0 Å². The summed E-state index contributed by atoms with van der Waals surface area (Å²) in [7, 11) is 0. The number of thioether (sulfide) groups is 1. The first-order chi connectivity index (χ1) is 8.28. The predicted octanol–water partition coefficient (Wildman–Crippen LogP) is 4.44. The van der Waals surface area contributed by atoms with Crippen LogP contribution in [0, 0.1) is 0 Å². The zero-order valence-corrected chi connectivity index (χ0v) is 11.7. The number of hydrogen-bond donors (Lipinski definition) is 1. The number of aromatic nitrogens is 2. The molecule has 2 rings (SSSR count). The Balaban J connectivity index is 2.01. The van der Waals surface area contributed by atoms with Crippen LogP contribution in [0.15, 0.2) is 28.6 Å². The Morgan fingerprint density at radius 3 is 3.06 bits per heavy atom. The minimum Gasteiger partial charge on any atom is -0.330 e. The van der Waals surface area contributed by atoms with Crippen LogP contribution < -0.4 is 5.32 Å². The van der Waals surface area contributed by atoms with Crippen LogP contribution in [0.2, 0.25) is 5.02 Å². The summed E-state index contributed by atoms with van der Waals surface area (Å²) in [5, 5.41) is 12.9. The number of anilines is 2. The summed E-state index contributed by atoms with van der Waals surface area (Å²) in [6.07, 6.45) is 1.14. The van der Waals surface area contributed by atoms with E-state index in [2.05, 4.69) is 22.4 Å². The zero-order chi connectivity index (χ0) is 12.1. The van der Waals surface area contributed by atoms with Crippen molar-refractivity contribution in [1.82, 2.24) is 10.2 Å². The van der Waals surface area contributed by atoms with Gasteiger partial charge in [0.2, 0.25) is 5.13 Å². The Morgan fingerprint density at radius 1 is 1.41 bits per heavy atom. The van der Waals surface area contributed by atoms with Crippen LogP contribution in [0.3, 0.4) is 0 Å². The van der Waals surface area contributed by atoms with Gasteiger partial charge in [-0.05, 0) is 24.6 Å². The SMILES string of the molecule is CCCSc1nnc(Nc2cccc(Cl)c2)s1. The third-order valence-electron chi connectivity index (χ3n) is 1.91. The molecular weight excluding hydrogens is 274 g/mol. The van der Waals surface area contributed by atoms with Crippen molar-refractivity contribution in [3.8, 4) is 0 Å². The van der Waals surface area contributed by atoms with Gasteiger partial charge in [-0.3, -0.25) is 0 Å². The highest BCUT2D eigenvalue weighted by Gasteiger charge is 2.04. The molecule has 0 spiro atoms. The standard InChI is InChI=1S/C11H12ClN3S2/c1-2-6-16-11-15-14-10(17-11)13-9-5-3-4-8(12)7-9/h3-5,7H,2,6H2,1H3,(H,13,14). The zero-order valence-electron chi connectivity index (χ0n) is 9.31. The molecule has 0 unspecified atom stereocenters. The van der Waals surface area contributed by atoms with Gasteiger partial charge in [-0.25, -0.2) is 0 Å². The molecule has 0 aliphatic heterocycles. The molecule has 0 bridgehead atoms. The predicted molar refractivity (Wildman–Crippen MR) is 75.7 cm³/mol. The minimum atomic E-state index is 0.708. The topological polar surface area (TPSA) is 37.8 Å². The Hall–Kier alpha value is -0.780. The Morgan fingerprint density at radius 2 is 2.29 bits per heavy atom. The van der Waals surface area contributed by atoms with Crippen molar-refractivity contribution in [3.05, 3.63) is 29.3 Å². The van der Waals surface area contributed by atoms with Gasteiger partial charge < -0.3 is 5.32 Å². The fourth-order valence-electron chi connectivity index (χ4n) is 1.20. The molecule has 2 aromatic rings. The molecule has 0 aliphatic carbocycles. The molecule has 0 saturated heterocycles. The van der Waals surface area contributed by atoms with E-state index in [1.807, 2.05) is 24.3 Å². The molecule has 3 nitrogen and oxygen atoms in total. The van der Waals surface area contributed by atoms with Gasteiger partial charge in [-0.15, -0.1) is 10.2 Å². The summed E-state index contributed by atoms with van der Waals surface area (Å²) < 4.78 is 0.997. The number of nitrogens with one attached hydrogen (secondary N) is 1. The van der Waals surface area contributed by atoms with Gasteiger partial charge in [0.25, 0.3) is 0 Å². The van der Waals surface area contributed by atoms with Crippen molar-refractivity contribution in [2.75, 3.05) is 11.1 Å². The lowest BCUT2D eigenvalue weighted by Gasteiger charge is -2.00. The largest absolute Gasteiger partial charge is 0.330 e. The van der Waals surface area contributed by atoms with Gasteiger partial charge in [-0.1, -0.05) is 47.7 Å². The first-order valence-corrected chi connectivity index (χ1v) is 7.45. The second kappa shape index (κ2) is 6.23. The van der Waals surface area contributed by atoms with E-state index >= 15 is 0 Å². The van der Waals surface area contributed by atoms with E-state index in [1.165, 1.54) is 0 Å². The minimum absolute atomic E-state index is 0.708. The summed E-state index contributed by atoms with van der Waals surface area (Å²) in [4.78, 5) is 0. The molecule has 17 heavy (non-hydrogen) atoms. The van der Waals surface area contributed by atoms with E-state index in [4.69, 9.17) is 11.6 Å². The van der Waals surface area contributed by atoms with Crippen LogP contribution in [0.25, 0.3) is 0 Å². The number of nitrogens with zero attached hydrogens (tertiary/aromatic N) is 2. The molecule has 1 aromatic carbocycles. The molecule has 0 atom stereocenters. The van der Waals surface area contributed by atoms with Crippen molar-refractivity contribution >= 4 is 45.5 Å². The maximum Gasteiger partial charge on any atom is 0.210 e. The fourth-order valence-corrected chi connectivity index (χ4v) is 3.09. The van der Waals surface area contributed by atoms with Gasteiger partial charge in [0.15, 0.2) is 4.34 Å². The molecule has 0 amide bonds. The molecule has 1 heterocycles. The summed E-state index contributed by atoms with van der Waals surface area (Å²) in [6, 6.07) is 7.56. The van der Waals surface area contributed by atoms with Gasteiger partial charge in [0.1, 0.15) is 0 Å². The number of rotatable bonds is 5. The maximum atomic E-state index is 5.91. The first kappa shape index (κ1) is 12.7. The van der Waals surface area contributed by atoms with E-state index in [0.29, 0.717) is 5.02 Å². The molecule has 0 saturated carbocycles. The summed E-state index contributed by atoms with van der Waals surface area (Å²) in [5.74, 6) is 1.08. The van der Waals surface area contributed by atoms with E-state index in [0.717, 1.165) is 27.3 Å². The fraction of sp³-hybridized carbons (Fsp3) is 0.273. The highest BCUT2D eigenvalue weighted by molar-refractivity contribution is 8.01. The molecule has 90 valence electrons. The summed E-state index contributed by atoms with van der Waals surface area (Å²) in [6.45, 7) is 2.15. The second-order valence-corrected chi connectivity index (χ2v) is 6.11. The first-order valence-electron chi connectivity index (χ1n) is 5.27. The summed E-state index contributed by atoms with van der Waals surface area (Å²) in [5.41, 5.74) is 0.931. The third-order valence-corrected chi connectivity index (χ3v) is 4.32. The van der Waals surface area contributed by atoms with Crippen LogP contribution in [0.5, 0.6) is 0 Å². The molecular formula is C11H12ClN3S2. The Labute approximate surface area is 114 Å². The van der Waals surface area contributed by atoms with Crippen LogP contribution in [-0.2, 0) is 0 Å². The second-order valence-electron chi connectivity index (χ2n) is 3.36. The molecule has 0 aliphatic rings. The van der Waals surface area contributed by atoms with Gasteiger partial charge in [0, 0.05) is 16.5 Å². The summed E-state index contributed by atoms with van der Waals surface area (Å²) >= 11 is 9.20. The highest BCUT2D eigenvalue weighted by atomic mass is 35.5. The van der Waals surface area contributed by atoms with Crippen LogP contribution in [-0.4, -0.2) is 16.0 Å². The number of hydrogen-bond acceptors (Lipinski definition) is 5. The molecule has 6 heteroatoms. The van der Waals surface area contributed by atoms with Gasteiger partial charge in [-0.2, -0.15) is 0 Å². The molecule has 0 radical (unpaired) electrons. The number of benzene rings is 1. The van der Waals surface area contributed by atoms with Crippen LogP contribution in [0.4, 0.5) is 10.8 Å². The normalized spacial score (nSPS) is 10.5. The average Bonchev–Trinajstić information content (AvgIpc) is 2.74. The van der Waals surface area contributed by atoms with Crippen molar-refractivity contribution in [3.63, 3.8) is 0 Å². The van der Waals surface area contributed by atoms with Crippen molar-refractivity contribution in [1.29, 1.82) is 0 Å². The van der Waals surface area contributed by atoms with Crippen LogP contribution in [0.1, 0.15) is 13.3 Å². The smallest absolute Gasteiger partial charge is 0.210 e. The van der Waals surface area contributed by atoms with Crippen LogP contribution >= 0.6 is 34.7 Å². The van der Waals surface area contributed by atoms with E-state index in [9.17, 15) is 0 Å². The highest BCUT2D eigenvalue weighted by Crippen LogP contribution is 2.28. The Kier molecular flexibility index (Phi) is 4.65. The average molecular weight is 286 g/mol. The van der Waals surface area contributed by atoms with E-state index in [-0.39, 0.29) is 0 Å². The number of halogens is 1. The van der Waals surface area contributed by atoms with Crippen molar-refractivity contribution in [2.45, 2.75) is 17.7 Å². The molecule has 0 fully saturated rings. The third kappa shape index (κ3) is 3.87. The lowest BCUT2D eigenvalue weighted by molar-refractivity contribution is 1.01. The Bertz CT molecular complexity index is 487. The molecule has 1 aromatic heterocycles. The maximum absolute atomic E-state index is 5.91. The van der Waals surface area contributed by atoms with Gasteiger partial charge in [0.05, 0.1) is 0 Å². The molecule has 1 N–H and O–H groups in total. The lowest BCUT2D eigenvalue weighted by Crippen LogP contribution is -1.88. The van der Waals surface area contributed by atoms with Gasteiger partial charge >= 0.3 is 0 Å². The quantitative estimate of drug-likeness (QED) is 0.824.